The van der Waals surface area contributed by atoms with Crippen molar-refractivity contribution in [3.8, 4) is 0 Å². The number of carbonyl (C=O) groups excluding carboxylic acids is 3. The van der Waals surface area contributed by atoms with Crippen LogP contribution >= 0.6 is 0 Å². The third-order valence-electron chi connectivity index (χ3n) is 11.0. The van der Waals surface area contributed by atoms with Crippen LogP contribution in [0.2, 0.25) is 0 Å². The lowest BCUT2D eigenvalue weighted by atomic mass is 9.79. The second-order valence-corrected chi connectivity index (χ2v) is 16.1. The smallest absolute Gasteiger partial charge is 0.312 e. The fourth-order valence-electron chi connectivity index (χ4n) is 7.58. The molecule has 0 spiro atoms. The number of aliphatic hydroxyl groups is 2. The molecule has 0 radical (unpaired) electrons. The van der Waals surface area contributed by atoms with Crippen LogP contribution in [0.5, 0.6) is 0 Å². The molecule has 1 aliphatic rings. The van der Waals surface area contributed by atoms with Crippen molar-refractivity contribution < 1.29 is 48.3 Å². The van der Waals surface area contributed by atoms with Gasteiger partial charge in [0.15, 0.2) is 17.7 Å². The zero-order valence-corrected chi connectivity index (χ0v) is 36.2. The van der Waals surface area contributed by atoms with E-state index in [2.05, 4.69) is 10.2 Å². The van der Waals surface area contributed by atoms with Crippen molar-refractivity contribution in [2.45, 2.75) is 168 Å². The van der Waals surface area contributed by atoms with Gasteiger partial charge in [-0.15, -0.1) is 0 Å². The Morgan fingerprint density at radius 3 is 2.25 bits per heavy atom. The van der Waals surface area contributed by atoms with E-state index in [0.29, 0.717) is 19.3 Å². The molecule has 1 saturated heterocycles. The third kappa shape index (κ3) is 13.5. The number of hydrogen-bond donors (Lipinski definition) is 2. The first-order valence-corrected chi connectivity index (χ1v) is 20.2. The molecule has 318 valence electrons. The van der Waals surface area contributed by atoms with Crippen LogP contribution < -0.4 is 0 Å². The quantitative estimate of drug-likeness (QED) is 0.0764. The number of benzene rings is 1. The van der Waals surface area contributed by atoms with E-state index in [9.17, 15) is 24.6 Å². The number of Topliss-reactive ketones (excluding diaryl/α,β-unsaturated/α-hetero) is 1. The van der Waals surface area contributed by atoms with Crippen LogP contribution in [0.3, 0.4) is 0 Å². The standard InChI is InChI=1S/C43H71N3O10/c1-14-20-28(5)45-44-26-27(4)38(49)43(10,51)34(16-3)54-40(50)31(8)37(55-35(47)25-32-21-18-17-19-22-32)30(7)39(42(9,52-13)23-15-2)56-41-36(48)33(46(11)12)24-29(6)53-41/h17-19,21-22,26-27,29-31,33-34,36-37,39,41,48,51H,14-16,20,23-25H2,1-13H3/b44-26-,45-28-. The molecular formula is C43H71N3O10. The van der Waals surface area contributed by atoms with Crippen LogP contribution in [-0.2, 0) is 44.5 Å². The molecule has 0 amide bonds. The minimum atomic E-state index is -2.07. The topological polar surface area (TPSA) is 166 Å². The first-order valence-electron chi connectivity index (χ1n) is 20.2. The van der Waals surface area contributed by atoms with Crippen molar-refractivity contribution in [3.05, 3.63) is 35.9 Å². The van der Waals surface area contributed by atoms with Crippen LogP contribution in [0.25, 0.3) is 0 Å². The summed E-state index contributed by atoms with van der Waals surface area (Å²) in [5.74, 6) is -4.59. The second kappa shape index (κ2) is 22.8. The number of esters is 2. The number of rotatable bonds is 23. The van der Waals surface area contributed by atoms with E-state index in [0.717, 1.165) is 24.1 Å². The van der Waals surface area contributed by atoms with Gasteiger partial charge in [0.05, 0.1) is 36.1 Å². The molecule has 13 heteroatoms. The van der Waals surface area contributed by atoms with Gasteiger partial charge in [-0.05, 0) is 80.0 Å². The van der Waals surface area contributed by atoms with Gasteiger partial charge in [-0.1, -0.05) is 77.8 Å². The Balaban J connectivity index is 2.54. The number of aliphatic hydroxyl groups excluding tert-OH is 1. The second-order valence-electron chi connectivity index (χ2n) is 16.1. The monoisotopic (exact) mass is 790 g/mol. The highest BCUT2D eigenvalue weighted by molar-refractivity contribution is 6.00. The average Bonchev–Trinajstić information content (AvgIpc) is 3.15. The van der Waals surface area contributed by atoms with Crippen molar-refractivity contribution in [2.24, 2.45) is 28.0 Å². The maximum Gasteiger partial charge on any atom is 0.312 e. The predicted molar refractivity (Wildman–Crippen MR) is 217 cm³/mol. The van der Waals surface area contributed by atoms with E-state index in [1.165, 1.54) is 13.1 Å². The summed E-state index contributed by atoms with van der Waals surface area (Å²) in [7, 11) is 5.36. The minimum Gasteiger partial charge on any atom is -0.461 e. The summed E-state index contributed by atoms with van der Waals surface area (Å²) in [5.41, 5.74) is -1.50. The summed E-state index contributed by atoms with van der Waals surface area (Å²) in [6.45, 7) is 17.7. The number of carbonyl (C=O) groups is 3. The highest BCUT2D eigenvalue weighted by Gasteiger charge is 2.50. The van der Waals surface area contributed by atoms with Gasteiger partial charge in [-0.25, -0.2) is 0 Å². The van der Waals surface area contributed by atoms with Crippen LogP contribution in [0.15, 0.2) is 40.5 Å². The van der Waals surface area contributed by atoms with E-state index in [1.807, 2.05) is 90.9 Å². The number of ketones is 1. The fourth-order valence-corrected chi connectivity index (χ4v) is 7.58. The predicted octanol–water partition coefficient (Wildman–Crippen LogP) is 5.95. The molecule has 1 heterocycles. The van der Waals surface area contributed by atoms with E-state index in [-0.39, 0.29) is 25.0 Å². The summed E-state index contributed by atoms with van der Waals surface area (Å²) in [5, 5.41) is 31.2. The summed E-state index contributed by atoms with van der Waals surface area (Å²) in [4.78, 5) is 43.4. The van der Waals surface area contributed by atoms with Gasteiger partial charge in [0.1, 0.15) is 18.3 Å². The highest BCUT2D eigenvalue weighted by atomic mass is 16.7. The number of ether oxygens (including phenoxy) is 5. The average molecular weight is 790 g/mol. The van der Waals surface area contributed by atoms with E-state index in [4.69, 9.17) is 23.7 Å². The number of hydrogen-bond acceptors (Lipinski definition) is 13. The van der Waals surface area contributed by atoms with E-state index in [1.54, 1.807) is 27.9 Å². The van der Waals surface area contributed by atoms with Gasteiger partial charge in [0.2, 0.25) is 0 Å². The molecule has 1 aromatic rings. The molecule has 0 aliphatic carbocycles. The summed E-state index contributed by atoms with van der Waals surface area (Å²) in [6.07, 6.45) is -0.549. The molecule has 1 fully saturated rings. The number of methoxy groups -OCH3 is 1. The van der Waals surface area contributed by atoms with E-state index < -0.39 is 77.4 Å². The fraction of sp³-hybridized carbons (Fsp3) is 0.744. The van der Waals surface area contributed by atoms with Crippen LogP contribution in [-0.4, -0.2) is 120 Å². The molecule has 0 saturated carbocycles. The Bertz CT molecular complexity index is 1440. The Morgan fingerprint density at radius 1 is 1.05 bits per heavy atom. The Morgan fingerprint density at radius 2 is 1.70 bits per heavy atom. The molecule has 12 atom stereocenters. The molecule has 0 bridgehead atoms. The Kier molecular flexibility index (Phi) is 19.9. The van der Waals surface area contributed by atoms with Crippen LogP contribution in [0.1, 0.15) is 113 Å². The molecule has 13 nitrogen and oxygen atoms in total. The SMILES string of the molecule is CCC/C(C)=N\N=C/C(C)C(=O)C(C)(O)C(CC)OC(=O)C(C)C(OC(=O)Cc1ccccc1)C(C)C(OC1OC(C)CC(N(C)C)C1O)C(C)(CCC)OC. The molecule has 1 aromatic carbocycles. The molecule has 2 rings (SSSR count). The van der Waals surface area contributed by atoms with Gasteiger partial charge in [-0.2, -0.15) is 10.2 Å². The lowest BCUT2D eigenvalue weighted by Crippen LogP contribution is -2.59. The maximum absolute atomic E-state index is 14.2. The minimum absolute atomic E-state index is 0.0530. The number of nitrogens with zero attached hydrogens (tertiary/aromatic N) is 3. The molecule has 56 heavy (non-hydrogen) atoms. The summed E-state index contributed by atoms with van der Waals surface area (Å²) < 4.78 is 31.2. The molecule has 0 aromatic heterocycles. The van der Waals surface area contributed by atoms with Crippen molar-refractivity contribution >= 4 is 29.6 Å². The van der Waals surface area contributed by atoms with Crippen LogP contribution in [0.4, 0.5) is 0 Å². The Hall–Kier alpha value is -3.07. The van der Waals surface area contributed by atoms with Crippen molar-refractivity contribution in [1.29, 1.82) is 0 Å². The highest BCUT2D eigenvalue weighted by Crippen LogP contribution is 2.37. The largest absolute Gasteiger partial charge is 0.461 e. The van der Waals surface area contributed by atoms with E-state index >= 15 is 0 Å². The molecule has 2 N–H and O–H groups in total. The van der Waals surface area contributed by atoms with Gasteiger partial charge < -0.3 is 38.8 Å². The normalized spacial score (nSPS) is 24.7. The van der Waals surface area contributed by atoms with Gasteiger partial charge >= 0.3 is 11.9 Å². The lowest BCUT2D eigenvalue weighted by Gasteiger charge is -2.47. The third-order valence-corrected chi connectivity index (χ3v) is 11.0. The van der Waals surface area contributed by atoms with Gasteiger partial charge in [0.25, 0.3) is 0 Å². The zero-order chi connectivity index (χ0) is 42.4. The van der Waals surface area contributed by atoms with Crippen molar-refractivity contribution in [3.63, 3.8) is 0 Å². The van der Waals surface area contributed by atoms with Crippen molar-refractivity contribution in [2.75, 3.05) is 21.2 Å². The summed E-state index contributed by atoms with van der Waals surface area (Å²) in [6, 6.07) is 8.87. The zero-order valence-electron chi connectivity index (χ0n) is 36.2. The first kappa shape index (κ1) is 49.1. The van der Waals surface area contributed by atoms with Gasteiger partial charge in [-0.3, -0.25) is 14.4 Å². The van der Waals surface area contributed by atoms with Crippen LogP contribution in [0, 0.1) is 17.8 Å². The molecular weight excluding hydrogens is 718 g/mol. The lowest BCUT2D eigenvalue weighted by molar-refractivity contribution is -0.301. The summed E-state index contributed by atoms with van der Waals surface area (Å²) >= 11 is 0. The molecule has 12 unspecified atom stereocenters. The Labute approximate surface area is 335 Å². The maximum atomic E-state index is 14.2. The first-order chi connectivity index (χ1) is 26.3. The van der Waals surface area contributed by atoms with Gasteiger partial charge in [0, 0.05) is 31.0 Å². The van der Waals surface area contributed by atoms with Crippen molar-refractivity contribution in [1.82, 2.24) is 4.90 Å². The molecule has 1 aliphatic heterocycles. The number of likely N-dealkylation sites (N-methyl/N-ethyl adjacent to an activating group) is 1.